The van der Waals surface area contributed by atoms with E-state index in [1.807, 2.05) is 7.05 Å². The Balaban J connectivity index is 1.70. The number of ether oxygens (including phenoxy) is 2. The largest absolute Gasteiger partial charge is 0.481 e. The Morgan fingerprint density at radius 2 is 2.28 bits per heavy atom. The van der Waals surface area contributed by atoms with Gasteiger partial charge in [0.1, 0.15) is 0 Å². The van der Waals surface area contributed by atoms with Gasteiger partial charge >= 0.3 is 5.97 Å². The molecule has 104 valence electrons. The third kappa shape index (κ3) is 3.43. The smallest absolute Gasteiger partial charge is 0.310 e. The lowest BCUT2D eigenvalue weighted by atomic mass is 10.0. The van der Waals surface area contributed by atoms with Crippen molar-refractivity contribution in [1.29, 1.82) is 0 Å². The Labute approximate surface area is 108 Å². The van der Waals surface area contributed by atoms with Gasteiger partial charge in [0.05, 0.1) is 25.2 Å². The molecule has 0 aromatic rings. The summed E-state index contributed by atoms with van der Waals surface area (Å²) >= 11 is 0. The zero-order valence-electron chi connectivity index (χ0n) is 11.0. The summed E-state index contributed by atoms with van der Waals surface area (Å²) in [5, 5.41) is 9.10. The van der Waals surface area contributed by atoms with Crippen molar-refractivity contribution in [2.24, 2.45) is 5.92 Å². The Bertz CT molecular complexity index is 278. The summed E-state index contributed by atoms with van der Waals surface area (Å²) in [6, 6.07) is 0.0204. The molecule has 0 aliphatic carbocycles. The fourth-order valence-corrected chi connectivity index (χ4v) is 2.82. The van der Waals surface area contributed by atoms with E-state index in [2.05, 4.69) is 4.90 Å². The highest BCUT2D eigenvalue weighted by Crippen LogP contribution is 2.21. The van der Waals surface area contributed by atoms with Crippen LogP contribution < -0.4 is 0 Å². The Hall–Kier alpha value is -0.650. The van der Waals surface area contributed by atoms with E-state index in [1.165, 1.54) is 12.8 Å². The van der Waals surface area contributed by atoms with Crippen LogP contribution in [0.3, 0.4) is 0 Å². The number of rotatable bonds is 6. The normalized spacial score (nSPS) is 32.2. The van der Waals surface area contributed by atoms with E-state index in [0.29, 0.717) is 19.3 Å². The first-order chi connectivity index (χ1) is 8.68. The number of hydrogen-bond acceptors (Lipinski definition) is 4. The van der Waals surface area contributed by atoms with Gasteiger partial charge in [-0.2, -0.15) is 0 Å². The molecule has 0 spiro atoms. The molecule has 5 heteroatoms. The van der Waals surface area contributed by atoms with Crippen LogP contribution in [0.15, 0.2) is 0 Å². The van der Waals surface area contributed by atoms with Crippen LogP contribution in [0.25, 0.3) is 0 Å². The van der Waals surface area contributed by atoms with E-state index < -0.39 is 5.97 Å². The van der Waals surface area contributed by atoms with Crippen molar-refractivity contribution in [1.82, 2.24) is 4.90 Å². The molecule has 18 heavy (non-hydrogen) atoms. The summed E-state index contributed by atoms with van der Waals surface area (Å²) in [6.45, 7) is 2.69. The first-order valence-corrected chi connectivity index (χ1v) is 6.81. The number of hydrogen-bond donors (Lipinski definition) is 1. The fourth-order valence-electron chi connectivity index (χ4n) is 2.82. The molecule has 2 aliphatic rings. The zero-order chi connectivity index (χ0) is 13.0. The maximum atomic E-state index is 11.1. The Morgan fingerprint density at radius 3 is 2.94 bits per heavy atom. The van der Waals surface area contributed by atoms with Crippen molar-refractivity contribution in [3.05, 3.63) is 0 Å². The third-order valence-corrected chi connectivity index (χ3v) is 3.99. The molecule has 3 atom stereocenters. The Morgan fingerprint density at radius 1 is 1.44 bits per heavy atom. The van der Waals surface area contributed by atoms with Crippen LogP contribution in [0, 0.1) is 5.92 Å². The van der Waals surface area contributed by atoms with Crippen LogP contribution in [0.2, 0.25) is 0 Å². The summed E-state index contributed by atoms with van der Waals surface area (Å²) in [5.41, 5.74) is 0. The minimum absolute atomic E-state index is 0.0204. The molecule has 0 radical (unpaired) electrons. The molecule has 0 amide bonds. The third-order valence-electron chi connectivity index (χ3n) is 3.99. The van der Waals surface area contributed by atoms with Crippen molar-refractivity contribution < 1.29 is 19.4 Å². The lowest BCUT2D eigenvalue weighted by Gasteiger charge is -2.26. The molecule has 2 aliphatic heterocycles. The van der Waals surface area contributed by atoms with Gasteiger partial charge in [-0.25, -0.2) is 0 Å². The van der Waals surface area contributed by atoms with Gasteiger partial charge in [-0.05, 0) is 39.3 Å². The molecule has 0 saturated carbocycles. The number of nitrogens with zero attached hydrogens (tertiary/aromatic N) is 1. The minimum atomic E-state index is -0.747. The van der Waals surface area contributed by atoms with Crippen LogP contribution in [0.5, 0.6) is 0 Å². The van der Waals surface area contributed by atoms with E-state index >= 15 is 0 Å². The molecule has 2 heterocycles. The number of carboxylic acid groups (broad SMARTS) is 1. The van der Waals surface area contributed by atoms with Crippen LogP contribution in [0.1, 0.15) is 25.7 Å². The van der Waals surface area contributed by atoms with E-state index in [-0.39, 0.29) is 12.0 Å². The molecule has 0 aromatic heterocycles. The lowest BCUT2D eigenvalue weighted by molar-refractivity contribution is -0.143. The van der Waals surface area contributed by atoms with Crippen LogP contribution in [-0.2, 0) is 14.3 Å². The first kappa shape index (κ1) is 13.8. The van der Waals surface area contributed by atoms with Gasteiger partial charge in [-0.3, -0.25) is 4.79 Å². The Kier molecular flexibility index (Phi) is 4.97. The van der Waals surface area contributed by atoms with Gasteiger partial charge < -0.3 is 19.5 Å². The molecular formula is C13H23NO4. The molecule has 1 N–H and O–H groups in total. The summed E-state index contributed by atoms with van der Waals surface area (Å²) in [5.74, 6) is -1.12. The highest BCUT2D eigenvalue weighted by Gasteiger charge is 2.36. The van der Waals surface area contributed by atoms with E-state index in [9.17, 15) is 4.79 Å². The number of aliphatic carboxylic acids is 1. The fraction of sp³-hybridized carbons (Fsp3) is 0.923. The molecule has 3 unspecified atom stereocenters. The predicted octanol–water partition coefficient (Wildman–Crippen LogP) is 0.977. The second-order valence-electron chi connectivity index (χ2n) is 5.31. The summed E-state index contributed by atoms with van der Waals surface area (Å²) in [6.07, 6.45) is 4.92. The number of likely N-dealkylation sites (N-methyl/N-ethyl adjacent to an activating group) is 1. The van der Waals surface area contributed by atoms with Crippen molar-refractivity contribution in [3.8, 4) is 0 Å². The molecular weight excluding hydrogens is 234 g/mol. The van der Waals surface area contributed by atoms with Crippen LogP contribution >= 0.6 is 0 Å². The highest BCUT2D eigenvalue weighted by atomic mass is 16.5. The van der Waals surface area contributed by atoms with Gasteiger partial charge in [-0.15, -0.1) is 0 Å². The maximum absolute atomic E-state index is 11.1. The van der Waals surface area contributed by atoms with E-state index in [0.717, 1.165) is 26.0 Å². The average Bonchev–Trinajstić information content (AvgIpc) is 2.99. The van der Waals surface area contributed by atoms with E-state index in [1.54, 1.807) is 0 Å². The second kappa shape index (κ2) is 6.50. The molecule has 2 saturated heterocycles. The second-order valence-corrected chi connectivity index (χ2v) is 5.31. The lowest BCUT2D eigenvalue weighted by Crippen LogP contribution is -2.41. The molecule has 5 nitrogen and oxygen atoms in total. The van der Waals surface area contributed by atoms with Crippen molar-refractivity contribution in [2.75, 3.05) is 33.4 Å². The van der Waals surface area contributed by atoms with Crippen molar-refractivity contribution in [3.63, 3.8) is 0 Å². The number of carbonyl (C=O) groups is 1. The van der Waals surface area contributed by atoms with Gasteiger partial charge in [0, 0.05) is 12.6 Å². The van der Waals surface area contributed by atoms with Crippen molar-refractivity contribution >= 4 is 5.97 Å². The van der Waals surface area contributed by atoms with Crippen LogP contribution in [-0.4, -0.2) is 61.5 Å². The first-order valence-electron chi connectivity index (χ1n) is 6.81. The van der Waals surface area contributed by atoms with Crippen LogP contribution in [0.4, 0.5) is 0 Å². The average molecular weight is 257 g/mol. The zero-order valence-corrected chi connectivity index (χ0v) is 11.0. The summed E-state index contributed by atoms with van der Waals surface area (Å²) in [4.78, 5) is 13.2. The van der Waals surface area contributed by atoms with Gasteiger partial charge in [0.15, 0.2) is 0 Å². The van der Waals surface area contributed by atoms with Crippen molar-refractivity contribution in [2.45, 2.75) is 37.8 Å². The number of carboxylic acids is 1. The minimum Gasteiger partial charge on any atom is -0.481 e. The maximum Gasteiger partial charge on any atom is 0.310 e. The molecule has 0 aromatic carbocycles. The summed E-state index contributed by atoms with van der Waals surface area (Å²) in [7, 11) is 1.99. The van der Waals surface area contributed by atoms with Gasteiger partial charge in [-0.1, -0.05) is 0 Å². The summed E-state index contributed by atoms with van der Waals surface area (Å²) < 4.78 is 10.9. The quantitative estimate of drug-likeness (QED) is 0.768. The van der Waals surface area contributed by atoms with Gasteiger partial charge in [0.25, 0.3) is 0 Å². The molecule has 2 rings (SSSR count). The standard InChI is InChI=1S/C13H23NO4/c1-14(6-2-4-10-5-3-7-18-10)12-9-17-8-11(12)13(15)16/h10-12H,2-9H2,1H3,(H,15,16). The predicted molar refractivity (Wildman–Crippen MR) is 66.6 cm³/mol. The SMILES string of the molecule is CN(CCCC1CCCO1)C1COCC1C(=O)O. The topological polar surface area (TPSA) is 59.0 Å². The molecule has 0 bridgehead atoms. The monoisotopic (exact) mass is 257 g/mol. The molecule has 2 fully saturated rings. The highest BCUT2D eigenvalue weighted by molar-refractivity contribution is 5.71. The van der Waals surface area contributed by atoms with E-state index in [4.69, 9.17) is 14.6 Å². The van der Waals surface area contributed by atoms with Gasteiger partial charge in [0.2, 0.25) is 0 Å².